The summed E-state index contributed by atoms with van der Waals surface area (Å²) in [6.07, 6.45) is 2.15. The van der Waals surface area contributed by atoms with Gasteiger partial charge in [-0.3, -0.25) is 4.79 Å². The number of halogens is 1. The van der Waals surface area contributed by atoms with Crippen molar-refractivity contribution in [1.82, 2.24) is 15.6 Å². The highest BCUT2D eigenvalue weighted by Gasteiger charge is 2.32. The lowest BCUT2D eigenvalue weighted by Crippen LogP contribution is -2.55. The van der Waals surface area contributed by atoms with Gasteiger partial charge in [0, 0.05) is 22.0 Å². The summed E-state index contributed by atoms with van der Waals surface area (Å²) in [7, 11) is 0. The van der Waals surface area contributed by atoms with Crippen LogP contribution in [0.5, 0.6) is 0 Å². The van der Waals surface area contributed by atoms with E-state index in [1.807, 2.05) is 32.9 Å². The Morgan fingerprint density at radius 1 is 1.14 bits per heavy atom. The normalized spacial score (nSPS) is 22.7. The fourth-order valence-corrected chi connectivity index (χ4v) is 3.82. The maximum atomic E-state index is 12.8. The second kappa shape index (κ2) is 8.03. The van der Waals surface area contributed by atoms with Gasteiger partial charge in [0.2, 0.25) is 0 Å². The van der Waals surface area contributed by atoms with Gasteiger partial charge in [0.15, 0.2) is 0 Å². The number of carbonyl (C=O) groups excluding carboxylic acids is 2. The number of ether oxygens (including phenoxy) is 1. The molecule has 1 fully saturated rings. The first-order valence-electron chi connectivity index (χ1n) is 9.69. The van der Waals surface area contributed by atoms with Gasteiger partial charge in [-0.1, -0.05) is 18.5 Å². The van der Waals surface area contributed by atoms with Crippen LogP contribution in [0, 0.1) is 5.92 Å². The quantitative estimate of drug-likeness (QED) is 0.695. The summed E-state index contributed by atoms with van der Waals surface area (Å²) < 4.78 is 5.38. The minimum atomic E-state index is -0.561. The molecule has 0 unspecified atom stereocenters. The van der Waals surface area contributed by atoms with Gasteiger partial charge in [-0.15, -0.1) is 0 Å². The minimum Gasteiger partial charge on any atom is -0.444 e. The lowest BCUT2D eigenvalue weighted by molar-refractivity contribution is 0.0464. The monoisotopic (exact) mass is 405 g/mol. The Labute approximate surface area is 170 Å². The maximum Gasteiger partial charge on any atom is 0.407 e. The predicted octanol–water partition coefficient (Wildman–Crippen LogP) is 4.63. The number of H-pyrrole nitrogens is 1. The number of rotatable bonds is 3. The molecule has 0 aliphatic heterocycles. The van der Waals surface area contributed by atoms with Crippen LogP contribution in [0.25, 0.3) is 10.9 Å². The van der Waals surface area contributed by atoms with Gasteiger partial charge < -0.3 is 20.4 Å². The lowest BCUT2D eigenvalue weighted by Gasteiger charge is -2.36. The molecule has 6 nitrogen and oxygen atoms in total. The van der Waals surface area contributed by atoms with E-state index in [9.17, 15) is 9.59 Å². The van der Waals surface area contributed by atoms with E-state index >= 15 is 0 Å². The van der Waals surface area contributed by atoms with E-state index in [2.05, 4.69) is 22.5 Å². The van der Waals surface area contributed by atoms with Gasteiger partial charge in [-0.05, 0) is 70.2 Å². The number of aromatic nitrogens is 1. The van der Waals surface area contributed by atoms with Gasteiger partial charge in [0.05, 0.1) is 6.04 Å². The first-order valence-corrected chi connectivity index (χ1v) is 10.1. The summed E-state index contributed by atoms with van der Waals surface area (Å²) in [6, 6.07) is 6.93. The molecule has 1 heterocycles. The number of aromatic amines is 1. The summed E-state index contributed by atoms with van der Waals surface area (Å²) in [6.45, 7) is 7.65. The van der Waals surface area contributed by atoms with E-state index in [1.165, 1.54) is 0 Å². The molecule has 28 heavy (non-hydrogen) atoms. The average Bonchev–Trinajstić information content (AvgIpc) is 2.98. The van der Waals surface area contributed by atoms with Crippen molar-refractivity contribution in [2.24, 2.45) is 5.92 Å². The summed E-state index contributed by atoms with van der Waals surface area (Å²) >= 11 is 6.02. The van der Waals surface area contributed by atoms with Crippen LogP contribution in [0.2, 0.25) is 5.02 Å². The van der Waals surface area contributed by atoms with Crippen molar-refractivity contribution in [1.29, 1.82) is 0 Å². The standard InChI is InChI=1S/C21H28ClN3O3/c1-12-5-7-16(17(9-12)25-20(27)28-21(2,3)4)24-19(26)18-11-13-10-14(22)6-8-15(13)23-18/h6,8,10-12,16-17,23H,5,7,9H2,1-4H3,(H,24,26)(H,25,27)/t12-,16-,17+/m0/s1. The summed E-state index contributed by atoms with van der Waals surface area (Å²) in [5.41, 5.74) is 0.775. The number of benzene rings is 1. The van der Waals surface area contributed by atoms with Gasteiger partial charge in [-0.2, -0.15) is 0 Å². The molecule has 3 N–H and O–H groups in total. The molecule has 0 saturated heterocycles. The molecular weight excluding hydrogens is 378 g/mol. The number of hydrogen-bond donors (Lipinski definition) is 3. The van der Waals surface area contributed by atoms with E-state index in [1.54, 1.807) is 12.1 Å². The Morgan fingerprint density at radius 3 is 2.61 bits per heavy atom. The molecule has 2 aromatic rings. The molecule has 0 spiro atoms. The SMILES string of the molecule is C[C@H]1CC[C@H](NC(=O)c2cc3cc(Cl)ccc3[nH]2)[C@H](NC(=O)OC(C)(C)C)C1. The predicted molar refractivity (Wildman–Crippen MR) is 111 cm³/mol. The Hall–Kier alpha value is -2.21. The molecule has 7 heteroatoms. The van der Waals surface area contributed by atoms with Crippen molar-refractivity contribution in [3.8, 4) is 0 Å². The smallest absolute Gasteiger partial charge is 0.407 e. The molecule has 1 aliphatic carbocycles. The summed E-state index contributed by atoms with van der Waals surface area (Å²) in [4.78, 5) is 28.1. The van der Waals surface area contributed by atoms with Gasteiger partial charge in [0.1, 0.15) is 11.3 Å². The van der Waals surface area contributed by atoms with Crippen LogP contribution >= 0.6 is 11.6 Å². The molecule has 1 aromatic heterocycles. The van der Waals surface area contributed by atoms with Crippen molar-refractivity contribution in [2.75, 3.05) is 0 Å². The highest BCUT2D eigenvalue weighted by Crippen LogP contribution is 2.26. The Kier molecular flexibility index (Phi) is 5.89. The fourth-order valence-electron chi connectivity index (χ4n) is 3.64. The molecule has 0 radical (unpaired) electrons. The second-order valence-corrected chi connectivity index (χ2v) is 9.10. The highest BCUT2D eigenvalue weighted by molar-refractivity contribution is 6.31. The number of amides is 2. The largest absolute Gasteiger partial charge is 0.444 e. The summed E-state index contributed by atoms with van der Waals surface area (Å²) in [5, 5.41) is 7.53. The fraction of sp³-hybridized carbons (Fsp3) is 0.524. The minimum absolute atomic E-state index is 0.147. The van der Waals surface area contributed by atoms with Gasteiger partial charge in [-0.25, -0.2) is 4.79 Å². The zero-order valence-electron chi connectivity index (χ0n) is 16.8. The third-order valence-corrected chi connectivity index (χ3v) is 5.19. The average molecular weight is 406 g/mol. The van der Waals surface area contributed by atoms with Crippen LogP contribution in [-0.4, -0.2) is 34.7 Å². The third-order valence-electron chi connectivity index (χ3n) is 4.96. The van der Waals surface area contributed by atoms with Crippen LogP contribution in [0.15, 0.2) is 24.3 Å². The maximum absolute atomic E-state index is 12.8. The first kappa shape index (κ1) is 20.5. The molecule has 152 valence electrons. The van der Waals surface area contributed by atoms with Crippen molar-refractivity contribution in [2.45, 2.75) is 64.6 Å². The number of nitrogens with one attached hydrogen (secondary N) is 3. The molecule has 2 amide bonds. The highest BCUT2D eigenvalue weighted by atomic mass is 35.5. The van der Waals surface area contributed by atoms with E-state index in [0.717, 1.165) is 30.2 Å². The number of hydrogen-bond acceptors (Lipinski definition) is 3. The molecule has 1 aliphatic rings. The second-order valence-electron chi connectivity index (χ2n) is 8.67. The number of alkyl carbamates (subject to hydrolysis) is 1. The van der Waals surface area contributed by atoms with E-state index in [4.69, 9.17) is 16.3 Å². The van der Waals surface area contributed by atoms with Crippen molar-refractivity contribution < 1.29 is 14.3 Å². The van der Waals surface area contributed by atoms with Gasteiger partial charge in [0.25, 0.3) is 5.91 Å². The van der Waals surface area contributed by atoms with Crippen molar-refractivity contribution in [3.05, 3.63) is 35.0 Å². The lowest BCUT2D eigenvalue weighted by atomic mass is 9.83. The van der Waals surface area contributed by atoms with E-state index in [-0.39, 0.29) is 18.0 Å². The Balaban J connectivity index is 1.70. The van der Waals surface area contributed by atoms with Crippen molar-refractivity contribution in [3.63, 3.8) is 0 Å². The van der Waals surface area contributed by atoms with Crippen LogP contribution in [0.4, 0.5) is 4.79 Å². The number of fused-ring (bicyclic) bond motifs is 1. The third kappa shape index (κ3) is 5.19. The van der Waals surface area contributed by atoms with Crippen LogP contribution in [0.3, 0.4) is 0 Å². The molecular formula is C21H28ClN3O3. The molecule has 3 atom stereocenters. The van der Waals surface area contributed by atoms with Crippen LogP contribution in [-0.2, 0) is 4.74 Å². The van der Waals surface area contributed by atoms with Crippen LogP contribution in [0.1, 0.15) is 57.4 Å². The molecule has 0 bridgehead atoms. The molecule has 1 saturated carbocycles. The van der Waals surface area contributed by atoms with Crippen molar-refractivity contribution >= 4 is 34.5 Å². The number of carbonyl (C=O) groups is 2. The summed E-state index contributed by atoms with van der Waals surface area (Å²) in [5.74, 6) is 0.283. The molecule has 1 aromatic carbocycles. The molecule has 3 rings (SSSR count). The topological polar surface area (TPSA) is 83.2 Å². The zero-order valence-corrected chi connectivity index (χ0v) is 17.5. The van der Waals surface area contributed by atoms with E-state index in [0.29, 0.717) is 16.6 Å². The zero-order chi connectivity index (χ0) is 20.5. The Morgan fingerprint density at radius 2 is 1.89 bits per heavy atom. The first-order chi connectivity index (χ1) is 13.1. The van der Waals surface area contributed by atoms with E-state index < -0.39 is 11.7 Å². The van der Waals surface area contributed by atoms with Crippen LogP contribution < -0.4 is 10.6 Å². The Bertz CT molecular complexity index is 871. The van der Waals surface area contributed by atoms with Gasteiger partial charge >= 0.3 is 6.09 Å².